The Kier molecular flexibility index (Phi) is 4.51. The molecule has 0 spiro atoms. The number of hydrogen-bond donors (Lipinski definition) is 2. The number of imidazole rings is 1. The number of nitrogens with zero attached hydrogens (tertiary/aromatic N) is 4. The number of halogens is 2. The van der Waals surface area contributed by atoms with Gasteiger partial charge >= 0.3 is 0 Å². The number of fused-ring (bicyclic) bond motifs is 2. The minimum Gasteiger partial charge on any atom is -0.369 e. The molecule has 1 aliphatic rings. The van der Waals surface area contributed by atoms with Crippen LogP contribution in [-0.4, -0.2) is 40.5 Å². The molecule has 5 rings (SSSR count). The quantitative estimate of drug-likeness (QED) is 0.538. The number of piperazine rings is 1. The van der Waals surface area contributed by atoms with Crippen LogP contribution in [0.5, 0.6) is 0 Å². The highest BCUT2D eigenvalue weighted by atomic mass is 19.1. The molecule has 4 aromatic rings. The molecule has 3 aromatic heterocycles. The zero-order valence-corrected chi connectivity index (χ0v) is 16.8. The van der Waals surface area contributed by atoms with Gasteiger partial charge in [-0.3, -0.25) is 0 Å². The molecule has 1 aromatic carbocycles. The molecule has 0 amide bonds. The molecule has 0 bridgehead atoms. The number of benzene rings is 1. The highest BCUT2D eigenvalue weighted by Crippen LogP contribution is 2.32. The first-order chi connectivity index (χ1) is 14.5. The van der Waals surface area contributed by atoms with E-state index in [1.54, 1.807) is 29.8 Å². The minimum absolute atomic E-state index is 0.256. The van der Waals surface area contributed by atoms with E-state index in [2.05, 4.69) is 25.5 Å². The van der Waals surface area contributed by atoms with Gasteiger partial charge in [0, 0.05) is 56.0 Å². The van der Waals surface area contributed by atoms with E-state index in [1.807, 2.05) is 19.1 Å². The van der Waals surface area contributed by atoms with Crippen molar-refractivity contribution in [2.75, 3.05) is 36.4 Å². The van der Waals surface area contributed by atoms with Crippen LogP contribution in [0.25, 0.3) is 16.4 Å². The topological polar surface area (TPSA) is 57.5 Å². The number of anilines is 3. The molecule has 0 radical (unpaired) electrons. The summed E-state index contributed by atoms with van der Waals surface area (Å²) in [5, 5.41) is 7.57. The first-order valence-corrected chi connectivity index (χ1v) is 9.96. The average molecular weight is 408 g/mol. The predicted octanol–water partition coefficient (Wildman–Crippen LogP) is 3.93. The Morgan fingerprint density at radius 3 is 2.53 bits per heavy atom. The molecule has 30 heavy (non-hydrogen) atoms. The third-order valence-electron chi connectivity index (χ3n) is 5.37. The largest absolute Gasteiger partial charge is 0.369 e. The summed E-state index contributed by atoms with van der Waals surface area (Å²) in [7, 11) is 0. The minimum atomic E-state index is -0.452. The van der Waals surface area contributed by atoms with Gasteiger partial charge in [-0.1, -0.05) is 0 Å². The molecule has 1 saturated heterocycles. The summed E-state index contributed by atoms with van der Waals surface area (Å²) in [6, 6.07) is 6.77. The van der Waals surface area contributed by atoms with Gasteiger partial charge in [-0.05, 0) is 37.4 Å². The van der Waals surface area contributed by atoms with Crippen LogP contribution in [0.2, 0.25) is 0 Å². The molecule has 154 valence electrons. The van der Waals surface area contributed by atoms with Crippen LogP contribution >= 0.6 is 0 Å². The maximum atomic E-state index is 15.2. The van der Waals surface area contributed by atoms with E-state index in [9.17, 15) is 4.39 Å². The summed E-state index contributed by atoms with van der Waals surface area (Å²) in [4.78, 5) is 10.8. The fraction of sp³-hybridized carbons (Fsp3) is 0.273. The van der Waals surface area contributed by atoms with Crippen LogP contribution in [0.3, 0.4) is 0 Å². The second kappa shape index (κ2) is 7.21. The molecule has 0 unspecified atom stereocenters. The van der Waals surface area contributed by atoms with Crippen molar-refractivity contribution in [3.05, 3.63) is 59.7 Å². The van der Waals surface area contributed by atoms with Gasteiger partial charge < -0.3 is 19.9 Å². The molecule has 4 heterocycles. The second-order valence-electron chi connectivity index (χ2n) is 7.69. The Balaban J connectivity index is 1.59. The van der Waals surface area contributed by atoms with Gasteiger partial charge in [0.15, 0.2) is 11.5 Å². The standard InChI is InChI=1S/C22H22F2N6/c1-13-7-15-8-17(29-5-3-25-4-6-29)10-18(23)20(15)21(26-13)28-16-9-19(24)22-27-14(2)11-30(22)12-16/h7-12,25H,3-6H2,1-2H3,(H,26,28). The maximum absolute atomic E-state index is 15.2. The van der Waals surface area contributed by atoms with Crippen LogP contribution in [0, 0.1) is 25.5 Å². The third kappa shape index (κ3) is 3.33. The molecule has 6 nitrogen and oxygen atoms in total. The number of pyridine rings is 2. The Morgan fingerprint density at radius 2 is 1.73 bits per heavy atom. The van der Waals surface area contributed by atoms with Gasteiger partial charge in [0.05, 0.1) is 16.8 Å². The number of rotatable bonds is 3. The molecular formula is C22H22F2N6. The summed E-state index contributed by atoms with van der Waals surface area (Å²) < 4.78 is 31.3. The van der Waals surface area contributed by atoms with Crippen molar-refractivity contribution in [2.24, 2.45) is 0 Å². The summed E-state index contributed by atoms with van der Waals surface area (Å²) in [6.07, 6.45) is 3.47. The molecule has 0 saturated carbocycles. The first-order valence-electron chi connectivity index (χ1n) is 9.96. The summed E-state index contributed by atoms with van der Waals surface area (Å²) in [6.45, 7) is 7.10. The van der Waals surface area contributed by atoms with Gasteiger partial charge in [-0.25, -0.2) is 18.7 Å². The highest BCUT2D eigenvalue weighted by molar-refractivity contribution is 5.96. The van der Waals surface area contributed by atoms with E-state index in [1.165, 1.54) is 6.07 Å². The highest BCUT2D eigenvalue weighted by Gasteiger charge is 2.17. The van der Waals surface area contributed by atoms with Crippen molar-refractivity contribution in [2.45, 2.75) is 13.8 Å². The smallest absolute Gasteiger partial charge is 0.173 e. The summed E-state index contributed by atoms with van der Waals surface area (Å²) >= 11 is 0. The van der Waals surface area contributed by atoms with Gasteiger partial charge in [0.1, 0.15) is 11.6 Å². The fourth-order valence-electron chi connectivity index (χ4n) is 4.05. The molecule has 0 atom stereocenters. The monoisotopic (exact) mass is 408 g/mol. The zero-order chi connectivity index (χ0) is 20.8. The Bertz CT molecular complexity index is 1260. The van der Waals surface area contributed by atoms with Crippen molar-refractivity contribution in [3.8, 4) is 0 Å². The van der Waals surface area contributed by atoms with Crippen molar-refractivity contribution in [1.29, 1.82) is 0 Å². The van der Waals surface area contributed by atoms with Crippen LogP contribution in [-0.2, 0) is 0 Å². The number of aromatic nitrogens is 3. The van der Waals surface area contributed by atoms with Crippen molar-refractivity contribution >= 4 is 33.6 Å². The molecule has 2 N–H and O–H groups in total. The van der Waals surface area contributed by atoms with Crippen LogP contribution in [0.15, 0.2) is 36.7 Å². The Morgan fingerprint density at radius 1 is 0.933 bits per heavy atom. The molecule has 0 aliphatic carbocycles. The van der Waals surface area contributed by atoms with Crippen molar-refractivity contribution < 1.29 is 8.78 Å². The normalized spacial score (nSPS) is 14.6. The van der Waals surface area contributed by atoms with E-state index in [-0.39, 0.29) is 11.5 Å². The molecular weight excluding hydrogens is 386 g/mol. The lowest BCUT2D eigenvalue weighted by molar-refractivity contribution is 0.586. The van der Waals surface area contributed by atoms with Crippen LogP contribution in [0.1, 0.15) is 11.4 Å². The zero-order valence-electron chi connectivity index (χ0n) is 16.8. The predicted molar refractivity (Wildman–Crippen MR) is 115 cm³/mol. The van der Waals surface area contributed by atoms with Crippen LogP contribution < -0.4 is 15.5 Å². The molecule has 1 aliphatic heterocycles. The number of nitrogens with one attached hydrogen (secondary N) is 2. The van der Waals surface area contributed by atoms with E-state index in [4.69, 9.17) is 0 Å². The van der Waals surface area contributed by atoms with Gasteiger partial charge in [0.25, 0.3) is 0 Å². The SMILES string of the molecule is Cc1cc2cc(N3CCNCC3)cc(F)c2c(Nc2cc(F)c3nc(C)cn3c2)n1. The second-order valence-corrected chi connectivity index (χ2v) is 7.69. The van der Waals surface area contributed by atoms with Gasteiger partial charge in [0.2, 0.25) is 0 Å². The van der Waals surface area contributed by atoms with E-state index in [0.717, 1.165) is 48.6 Å². The summed E-state index contributed by atoms with van der Waals surface area (Å²) in [5.74, 6) is -0.437. The lowest BCUT2D eigenvalue weighted by Gasteiger charge is -2.29. The van der Waals surface area contributed by atoms with Crippen molar-refractivity contribution in [3.63, 3.8) is 0 Å². The first kappa shape index (κ1) is 18.7. The lowest BCUT2D eigenvalue weighted by atomic mass is 10.1. The fourth-order valence-corrected chi connectivity index (χ4v) is 4.05. The van der Waals surface area contributed by atoms with Gasteiger partial charge in [-0.2, -0.15) is 0 Å². The van der Waals surface area contributed by atoms with E-state index >= 15 is 4.39 Å². The number of hydrogen-bond acceptors (Lipinski definition) is 5. The van der Waals surface area contributed by atoms with Gasteiger partial charge in [-0.15, -0.1) is 0 Å². The summed E-state index contributed by atoms with van der Waals surface area (Å²) in [5.41, 5.74) is 3.06. The third-order valence-corrected chi connectivity index (χ3v) is 5.37. The lowest BCUT2D eigenvalue weighted by Crippen LogP contribution is -2.43. The average Bonchev–Trinajstić information content (AvgIpc) is 3.08. The number of aryl methyl sites for hydroxylation is 2. The van der Waals surface area contributed by atoms with E-state index < -0.39 is 5.82 Å². The molecule has 8 heteroatoms. The maximum Gasteiger partial charge on any atom is 0.173 e. The van der Waals surface area contributed by atoms with E-state index in [0.29, 0.717) is 16.9 Å². The molecule has 1 fully saturated rings. The van der Waals surface area contributed by atoms with Crippen molar-refractivity contribution in [1.82, 2.24) is 19.7 Å². The Labute approximate surface area is 172 Å². The van der Waals surface area contributed by atoms with Crippen LogP contribution in [0.4, 0.5) is 26.0 Å². The Hall–Kier alpha value is -3.26.